The molecule has 1 fully saturated rings. The Labute approximate surface area is 160 Å². The predicted octanol–water partition coefficient (Wildman–Crippen LogP) is 5.20. The first kappa shape index (κ1) is 18.8. The lowest BCUT2D eigenvalue weighted by atomic mass is 9.77. The minimum atomic E-state index is -0.0864. The summed E-state index contributed by atoms with van der Waals surface area (Å²) in [5.41, 5.74) is 1.32. The number of ether oxygens (including phenoxy) is 1. The van der Waals surface area contributed by atoms with Crippen molar-refractivity contribution in [2.24, 2.45) is 5.92 Å². The second-order valence-corrected chi connectivity index (χ2v) is 7.40. The summed E-state index contributed by atoms with van der Waals surface area (Å²) in [5, 5.41) is 3.72. The molecule has 4 heteroatoms. The van der Waals surface area contributed by atoms with E-state index in [-0.39, 0.29) is 12.5 Å². The highest BCUT2D eigenvalue weighted by molar-refractivity contribution is 6.30. The fraction of sp³-hybridized carbons (Fsp3) is 0.409. The topological polar surface area (TPSA) is 38.3 Å². The van der Waals surface area contributed by atoms with E-state index in [2.05, 4.69) is 29.6 Å². The van der Waals surface area contributed by atoms with Gasteiger partial charge < -0.3 is 10.1 Å². The number of nitrogens with one attached hydrogen (secondary N) is 1. The summed E-state index contributed by atoms with van der Waals surface area (Å²) < 4.78 is 5.54. The van der Waals surface area contributed by atoms with Gasteiger partial charge in [0.25, 0.3) is 5.91 Å². The maximum atomic E-state index is 12.2. The van der Waals surface area contributed by atoms with Crippen LogP contribution < -0.4 is 10.1 Å². The Kier molecular flexibility index (Phi) is 6.96. The van der Waals surface area contributed by atoms with Crippen molar-refractivity contribution in [3.8, 4) is 5.75 Å². The van der Waals surface area contributed by atoms with Crippen LogP contribution in [0.15, 0.2) is 54.6 Å². The largest absolute Gasteiger partial charge is 0.484 e. The van der Waals surface area contributed by atoms with E-state index in [1.165, 1.54) is 37.7 Å². The van der Waals surface area contributed by atoms with E-state index in [0.717, 1.165) is 0 Å². The zero-order valence-corrected chi connectivity index (χ0v) is 15.8. The van der Waals surface area contributed by atoms with Gasteiger partial charge in [-0.3, -0.25) is 4.79 Å². The minimum Gasteiger partial charge on any atom is -0.484 e. The molecule has 0 saturated heterocycles. The van der Waals surface area contributed by atoms with E-state index >= 15 is 0 Å². The molecule has 0 heterocycles. The van der Waals surface area contributed by atoms with Gasteiger partial charge >= 0.3 is 0 Å². The van der Waals surface area contributed by atoms with Gasteiger partial charge in [-0.1, -0.05) is 61.2 Å². The Balaban J connectivity index is 1.54. The van der Waals surface area contributed by atoms with E-state index in [9.17, 15) is 4.79 Å². The molecule has 0 bridgehead atoms. The summed E-state index contributed by atoms with van der Waals surface area (Å²) in [6.45, 7) is 0.686. The van der Waals surface area contributed by atoms with Crippen molar-refractivity contribution in [3.63, 3.8) is 0 Å². The Morgan fingerprint density at radius 2 is 1.73 bits per heavy atom. The van der Waals surface area contributed by atoms with E-state index in [1.54, 1.807) is 24.3 Å². The zero-order valence-electron chi connectivity index (χ0n) is 15.0. The van der Waals surface area contributed by atoms with Gasteiger partial charge in [-0.05, 0) is 48.6 Å². The van der Waals surface area contributed by atoms with Crippen LogP contribution in [-0.2, 0) is 4.79 Å². The molecule has 3 rings (SSSR count). The lowest BCUT2D eigenvalue weighted by Crippen LogP contribution is -2.35. The quantitative estimate of drug-likeness (QED) is 0.726. The van der Waals surface area contributed by atoms with Crippen LogP contribution in [0, 0.1) is 5.92 Å². The maximum absolute atomic E-state index is 12.2. The highest BCUT2D eigenvalue weighted by Gasteiger charge is 2.25. The van der Waals surface area contributed by atoms with E-state index in [1.807, 2.05) is 6.07 Å². The fourth-order valence-electron chi connectivity index (χ4n) is 3.75. The molecular weight excluding hydrogens is 346 g/mol. The van der Waals surface area contributed by atoms with Crippen molar-refractivity contribution >= 4 is 17.5 Å². The minimum absolute atomic E-state index is 0.0216. The number of carbonyl (C=O) groups is 1. The predicted molar refractivity (Wildman–Crippen MR) is 106 cm³/mol. The average Bonchev–Trinajstić information content (AvgIpc) is 2.69. The molecule has 26 heavy (non-hydrogen) atoms. The third kappa shape index (κ3) is 5.50. The van der Waals surface area contributed by atoms with Crippen LogP contribution in [0.2, 0.25) is 5.02 Å². The second kappa shape index (κ2) is 9.63. The molecule has 138 valence electrons. The summed E-state index contributed by atoms with van der Waals surface area (Å²) in [5.74, 6) is 1.58. The van der Waals surface area contributed by atoms with E-state index < -0.39 is 0 Å². The van der Waals surface area contributed by atoms with Crippen LogP contribution in [0.1, 0.15) is 43.6 Å². The Hall–Kier alpha value is -2.00. The average molecular weight is 372 g/mol. The SMILES string of the molecule is O=C(COc1ccc(Cl)cc1)NC[C@@H](c1ccccc1)C1CCCCC1. The number of hydrogen-bond donors (Lipinski definition) is 1. The van der Waals surface area contributed by atoms with Gasteiger partial charge in [0, 0.05) is 17.5 Å². The molecule has 0 spiro atoms. The first-order valence-electron chi connectivity index (χ1n) is 9.42. The van der Waals surface area contributed by atoms with Gasteiger partial charge in [-0.2, -0.15) is 0 Å². The molecule has 1 aliphatic rings. The van der Waals surface area contributed by atoms with E-state index in [0.29, 0.717) is 29.2 Å². The molecule has 0 radical (unpaired) electrons. The number of rotatable bonds is 7. The summed E-state index contributed by atoms with van der Waals surface area (Å²) in [6.07, 6.45) is 6.41. The smallest absolute Gasteiger partial charge is 0.257 e. The van der Waals surface area contributed by atoms with Crippen molar-refractivity contribution in [2.45, 2.75) is 38.0 Å². The highest BCUT2D eigenvalue weighted by Crippen LogP contribution is 2.35. The summed E-state index contributed by atoms with van der Waals surface area (Å²) in [4.78, 5) is 12.2. The van der Waals surface area contributed by atoms with Crippen molar-refractivity contribution < 1.29 is 9.53 Å². The standard InChI is InChI=1S/C22H26ClNO2/c23-19-11-13-20(14-12-19)26-16-22(25)24-15-21(17-7-3-1-4-8-17)18-9-5-2-6-10-18/h1,3-4,7-8,11-14,18,21H,2,5-6,9-10,15-16H2,(H,24,25)/t21-/m0/s1. The van der Waals surface area contributed by atoms with Crippen molar-refractivity contribution in [1.29, 1.82) is 0 Å². The van der Waals surface area contributed by atoms with Crippen LogP contribution in [-0.4, -0.2) is 19.1 Å². The summed E-state index contributed by atoms with van der Waals surface area (Å²) >= 11 is 5.86. The van der Waals surface area contributed by atoms with Gasteiger partial charge in [-0.15, -0.1) is 0 Å². The van der Waals surface area contributed by atoms with Gasteiger partial charge in [0.15, 0.2) is 6.61 Å². The molecule has 1 saturated carbocycles. The third-order valence-corrected chi connectivity index (χ3v) is 5.40. The van der Waals surface area contributed by atoms with Gasteiger partial charge in [-0.25, -0.2) is 0 Å². The molecule has 1 atom stereocenters. The molecule has 0 aliphatic heterocycles. The van der Waals surface area contributed by atoms with E-state index in [4.69, 9.17) is 16.3 Å². The molecular formula is C22H26ClNO2. The Bertz CT molecular complexity index is 681. The fourth-order valence-corrected chi connectivity index (χ4v) is 3.87. The lowest BCUT2D eigenvalue weighted by Gasteiger charge is -2.31. The van der Waals surface area contributed by atoms with Crippen molar-refractivity contribution in [2.75, 3.05) is 13.2 Å². The Morgan fingerprint density at radius 3 is 2.42 bits per heavy atom. The molecule has 1 N–H and O–H groups in total. The van der Waals surface area contributed by atoms with Gasteiger partial charge in [0.05, 0.1) is 0 Å². The highest BCUT2D eigenvalue weighted by atomic mass is 35.5. The summed E-state index contributed by atoms with van der Waals surface area (Å²) in [7, 11) is 0. The number of hydrogen-bond acceptors (Lipinski definition) is 2. The molecule has 0 aromatic heterocycles. The first-order chi connectivity index (χ1) is 12.7. The molecule has 2 aromatic carbocycles. The molecule has 1 amide bonds. The third-order valence-electron chi connectivity index (χ3n) is 5.15. The summed E-state index contributed by atoms with van der Waals surface area (Å²) in [6, 6.07) is 17.6. The number of halogens is 1. The van der Waals surface area contributed by atoms with Crippen LogP contribution in [0.25, 0.3) is 0 Å². The van der Waals surface area contributed by atoms with Crippen LogP contribution in [0.4, 0.5) is 0 Å². The molecule has 1 aliphatic carbocycles. The Morgan fingerprint density at radius 1 is 1.04 bits per heavy atom. The van der Waals surface area contributed by atoms with Crippen molar-refractivity contribution in [1.82, 2.24) is 5.32 Å². The maximum Gasteiger partial charge on any atom is 0.257 e. The lowest BCUT2D eigenvalue weighted by molar-refractivity contribution is -0.123. The first-order valence-corrected chi connectivity index (χ1v) is 9.80. The van der Waals surface area contributed by atoms with Gasteiger partial charge in [0.2, 0.25) is 0 Å². The van der Waals surface area contributed by atoms with Crippen LogP contribution in [0.3, 0.4) is 0 Å². The van der Waals surface area contributed by atoms with Crippen LogP contribution in [0.5, 0.6) is 5.75 Å². The number of benzene rings is 2. The molecule has 2 aromatic rings. The second-order valence-electron chi connectivity index (χ2n) is 6.96. The van der Waals surface area contributed by atoms with Gasteiger partial charge in [0.1, 0.15) is 5.75 Å². The zero-order chi connectivity index (χ0) is 18.2. The number of carbonyl (C=O) groups excluding carboxylic acids is 1. The monoisotopic (exact) mass is 371 g/mol. The molecule has 3 nitrogen and oxygen atoms in total. The number of amides is 1. The van der Waals surface area contributed by atoms with Crippen molar-refractivity contribution in [3.05, 3.63) is 65.2 Å². The molecule has 0 unspecified atom stereocenters. The van der Waals surface area contributed by atoms with Crippen LogP contribution >= 0.6 is 11.6 Å². The normalized spacial score (nSPS) is 16.0.